The van der Waals surface area contributed by atoms with E-state index in [1.54, 1.807) is 6.20 Å². The first-order valence-corrected chi connectivity index (χ1v) is 8.84. The molecule has 0 bridgehead atoms. The van der Waals surface area contributed by atoms with Crippen LogP contribution in [0.25, 0.3) is 10.9 Å². The number of fused-ring (bicyclic) bond motifs is 2. The predicted molar refractivity (Wildman–Crippen MR) is 89.7 cm³/mol. The second-order valence-electron chi connectivity index (χ2n) is 7.47. The maximum absolute atomic E-state index is 11.9. The molecule has 3 fully saturated rings. The summed E-state index contributed by atoms with van der Waals surface area (Å²) in [6, 6.07) is 4.13. The number of hydrogen-bond donors (Lipinski definition) is 4. The Kier molecular flexibility index (Phi) is 2.95. The molecule has 6 nitrogen and oxygen atoms in total. The Balaban J connectivity index is 1.32. The van der Waals surface area contributed by atoms with Crippen molar-refractivity contribution >= 4 is 28.5 Å². The fraction of sp³-hybridized carbons (Fsp3) is 0.529. The SMILES string of the molecule is O=C(NC1CC1)NC1[C@H]2CC(O)(c3cc(Cl)cc4[nH]ncc34)C[C@@H]12. The van der Waals surface area contributed by atoms with Crippen LogP contribution in [0.1, 0.15) is 31.2 Å². The summed E-state index contributed by atoms with van der Waals surface area (Å²) in [6.07, 6.45) is 5.20. The van der Waals surface area contributed by atoms with E-state index < -0.39 is 5.60 Å². The Morgan fingerprint density at radius 2 is 2.04 bits per heavy atom. The molecule has 4 N–H and O–H groups in total. The molecule has 3 saturated carbocycles. The van der Waals surface area contributed by atoms with Crippen LogP contribution in [-0.4, -0.2) is 33.4 Å². The molecule has 2 amide bonds. The lowest BCUT2D eigenvalue weighted by atomic mass is 9.86. The number of benzene rings is 1. The first-order valence-electron chi connectivity index (χ1n) is 8.46. The van der Waals surface area contributed by atoms with Gasteiger partial charge in [-0.05, 0) is 55.2 Å². The van der Waals surface area contributed by atoms with Crippen molar-refractivity contribution in [1.82, 2.24) is 20.8 Å². The van der Waals surface area contributed by atoms with Gasteiger partial charge in [0.1, 0.15) is 0 Å². The summed E-state index contributed by atoms with van der Waals surface area (Å²) >= 11 is 6.20. The third kappa shape index (κ3) is 2.28. The summed E-state index contributed by atoms with van der Waals surface area (Å²) in [4.78, 5) is 11.9. The molecular formula is C17H19ClN4O2. The van der Waals surface area contributed by atoms with Gasteiger partial charge in [0.25, 0.3) is 0 Å². The van der Waals surface area contributed by atoms with E-state index in [4.69, 9.17) is 11.6 Å². The lowest BCUT2D eigenvalue weighted by molar-refractivity contribution is 0.0299. The van der Waals surface area contributed by atoms with Crippen molar-refractivity contribution in [2.45, 2.75) is 43.4 Å². The highest BCUT2D eigenvalue weighted by Crippen LogP contribution is 2.60. The molecule has 24 heavy (non-hydrogen) atoms. The summed E-state index contributed by atoms with van der Waals surface area (Å²) in [5, 5.41) is 25.7. The summed E-state index contributed by atoms with van der Waals surface area (Å²) in [7, 11) is 0. The van der Waals surface area contributed by atoms with E-state index in [0.717, 1.165) is 29.3 Å². The number of aliphatic hydroxyl groups is 1. The van der Waals surface area contributed by atoms with Crippen LogP contribution in [0.3, 0.4) is 0 Å². The molecule has 126 valence electrons. The minimum absolute atomic E-state index is 0.0691. The lowest BCUT2D eigenvalue weighted by Crippen LogP contribution is -2.40. The van der Waals surface area contributed by atoms with Crippen LogP contribution in [0, 0.1) is 11.8 Å². The number of halogens is 1. The molecule has 0 aliphatic heterocycles. The molecule has 1 aromatic heterocycles. The van der Waals surface area contributed by atoms with Crippen molar-refractivity contribution in [1.29, 1.82) is 0 Å². The summed E-state index contributed by atoms with van der Waals surface area (Å²) in [5.41, 5.74) is 0.783. The number of urea groups is 1. The number of amides is 2. The highest BCUT2D eigenvalue weighted by atomic mass is 35.5. The Morgan fingerprint density at radius 3 is 2.75 bits per heavy atom. The average molecular weight is 347 g/mol. The van der Waals surface area contributed by atoms with Gasteiger partial charge in [0.2, 0.25) is 0 Å². The highest BCUT2D eigenvalue weighted by Gasteiger charge is 2.62. The molecule has 5 rings (SSSR count). The van der Waals surface area contributed by atoms with Gasteiger partial charge >= 0.3 is 6.03 Å². The van der Waals surface area contributed by atoms with Gasteiger partial charge in [0.05, 0.1) is 17.3 Å². The summed E-state index contributed by atoms with van der Waals surface area (Å²) in [6.45, 7) is 0. The predicted octanol–water partition coefficient (Wildman–Crippen LogP) is 2.27. The van der Waals surface area contributed by atoms with Crippen LogP contribution < -0.4 is 10.6 Å². The number of aromatic nitrogens is 2. The Morgan fingerprint density at radius 1 is 1.29 bits per heavy atom. The molecule has 0 radical (unpaired) electrons. The van der Waals surface area contributed by atoms with Gasteiger partial charge in [-0.15, -0.1) is 0 Å². The van der Waals surface area contributed by atoms with Crippen LogP contribution >= 0.6 is 11.6 Å². The largest absolute Gasteiger partial charge is 0.385 e. The third-order valence-corrected chi connectivity index (χ3v) is 5.93. The van der Waals surface area contributed by atoms with E-state index in [2.05, 4.69) is 20.8 Å². The maximum Gasteiger partial charge on any atom is 0.315 e. The van der Waals surface area contributed by atoms with Crippen molar-refractivity contribution < 1.29 is 9.90 Å². The van der Waals surface area contributed by atoms with Gasteiger partial charge in [-0.1, -0.05) is 11.6 Å². The number of nitrogens with zero attached hydrogens (tertiary/aromatic N) is 1. The maximum atomic E-state index is 11.9. The summed E-state index contributed by atoms with van der Waals surface area (Å²) < 4.78 is 0. The molecule has 3 aliphatic rings. The lowest BCUT2D eigenvalue weighted by Gasteiger charge is -2.27. The molecule has 2 unspecified atom stereocenters. The fourth-order valence-corrected chi connectivity index (χ4v) is 4.52. The molecule has 1 heterocycles. The van der Waals surface area contributed by atoms with Gasteiger partial charge in [-0.2, -0.15) is 5.10 Å². The topological polar surface area (TPSA) is 90.0 Å². The normalized spacial score (nSPS) is 34.2. The van der Waals surface area contributed by atoms with Gasteiger partial charge in [-0.25, -0.2) is 4.79 Å². The Bertz CT molecular complexity index is 819. The second kappa shape index (κ2) is 4.86. The Labute approximate surface area is 144 Å². The van der Waals surface area contributed by atoms with Crippen LogP contribution in [0.15, 0.2) is 18.3 Å². The molecular weight excluding hydrogens is 328 g/mol. The zero-order chi connectivity index (χ0) is 16.5. The monoisotopic (exact) mass is 346 g/mol. The van der Waals surface area contributed by atoms with Crippen LogP contribution in [0.2, 0.25) is 5.02 Å². The van der Waals surface area contributed by atoms with Gasteiger partial charge in [-0.3, -0.25) is 5.10 Å². The highest BCUT2D eigenvalue weighted by molar-refractivity contribution is 6.31. The van der Waals surface area contributed by atoms with Crippen LogP contribution in [0.5, 0.6) is 0 Å². The van der Waals surface area contributed by atoms with E-state index in [9.17, 15) is 9.90 Å². The van der Waals surface area contributed by atoms with E-state index in [1.807, 2.05) is 12.1 Å². The third-order valence-electron chi connectivity index (χ3n) is 5.71. The van der Waals surface area contributed by atoms with Gasteiger partial charge in [0.15, 0.2) is 0 Å². The van der Waals surface area contributed by atoms with Gasteiger partial charge < -0.3 is 15.7 Å². The van der Waals surface area contributed by atoms with E-state index in [-0.39, 0.29) is 12.1 Å². The van der Waals surface area contributed by atoms with Crippen LogP contribution in [-0.2, 0) is 5.60 Å². The van der Waals surface area contributed by atoms with Crippen molar-refractivity contribution in [2.75, 3.05) is 0 Å². The number of rotatable bonds is 3. The minimum Gasteiger partial charge on any atom is -0.385 e. The minimum atomic E-state index is -0.895. The number of carbonyl (C=O) groups is 1. The van der Waals surface area contributed by atoms with E-state index >= 15 is 0 Å². The Hall–Kier alpha value is -1.79. The fourth-order valence-electron chi connectivity index (χ4n) is 4.31. The zero-order valence-corrected chi connectivity index (χ0v) is 13.8. The molecule has 4 atom stereocenters. The molecule has 0 spiro atoms. The molecule has 3 aliphatic carbocycles. The van der Waals surface area contributed by atoms with Crippen molar-refractivity contribution in [3.63, 3.8) is 0 Å². The number of carbonyl (C=O) groups excluding carboxylic acids is 1. The number of aromatic amines is 1. The molecule has 2 aromatic rings. The first-order chi connectivity index (χ1) is 11.5. The zero-order valence-electron chi connectivity index (χ0n) is 13.1. The smallest absolute Gasteiger partial charge is 0.315 e. The van der Waals surface area contributed by atoms with E-state index in [0.29, 0.717) is 35.7 Å². The molecule has 1 aromatic carbocycles. The second-order valence-corrected chi connectivity index (χ2v) is 7.91. The quantitative estimate of drug-likeness (QED) is 0.687. The number of H-pyrrole nitrogens is 1. The molecule has 0 saturated heterocycles. The molecule has 7 heteroatoms. The number of nitrogens with one attached hydrogen (secondary N) is 3. The van der Waals surface area contributed by atoms with Crippen molar-refractivity contribution in [3.8, 4) is 0 Å². The average Bonchev–Trinajstić information content (AvgIpc) is 3.33. The van der Waals surface area contributed by atoms with Crippen molar-refractivity contribution in [2.24, 2.45) is 11.8 Å². The van der Waals surface area contributed by atoms with Gasteiger partial charge in [0, 0.05) is 22.5 Å². The first kappa shape index (κ1) is 14.5. The van der Waals surface area contributed by atoms with Crippen LogP contribution in [0.4, 0.5) is 4.79 Å². The number of hydrogen-bond acceptors (Lipinski definition) is 3. The van der Waals surface area contributed by atoms with Crippen molar-refractivity contribution in [3.05, 3.63) is 28.9 Å². The standard InChI is InChI=1S/C17H19ClN4O2/c18-8-3-13(12-7-19-22-14(12)4-8)17(24)5-10-11(6-17)15(10)21-16(23)20-9-1-2-9/h3-4,7,9-11,15,24H,1-2,5-6H2,(H,19,22)(H2,20,21,23)/t10-,11+,15?,17?. The van der Waals surface area contributed by atoms with E-state index in [1.165, 1.54) is 0 Å². The summed E-state index contributed by atoms with van der Waals surface area (Å²) in [5.74, 6) is 0.668.